The Labute approximate surface area is 121 Å². The lowest BCUT2D eigenvalue weighted by Crippen LogP contribution is -2.37. The van der Waals surface area contributed by atoms with E-state index in [0.29, 0.717) is 0 Å². The molecule has 0 amide bonds. The molecule has 5 nitrogen and oxygen atoms in total. The molecule has 5 heteroatoms. The summed E-state index contributed by atoms with van der Waals surface area (Å²) < 4.78 is 5.38. The van der Waals surface area contributed by atoms with E-state index < -0.39 is 0 Å². The highest BCUT2D eigenvalue weighted by Crippen LogP contribution is 2.16. The van der Waals surface area contributed by atoms with Gasteiger partial charge in [-0.15, -0.1) is 0 Å². The molecule has 1 saturated heterocycles. The van der Waals surface area contributed by atoms with Crippen LogP contribution in [0.1, 0.15) is 30.3 Å². The molecular weight excluding hydrogens is 252 g/mol. The van der Waals surface area contributed by atoms with Gasteiger partial charge in [0.1, 0.15) is 0 Å². The van der Waals surface area contributed by atoms with Gasteiger partial charge in [-0.1, -0.05) is 6.92 Å². The maximum absolute atomic E-state index is 5.38. The first-order valence-electron chi connectivity index (χ1n) is 7.60. The van der Waals surface area contributed by atoms with E-state index in [1.165, 1.54) is 12.0 Å². The summed E-state index contributed by atoms with van der Waals surface area (Å²) in [5.74, 6) is 0.855. The van der Waals surface area contributed by atoms with Gasteiger partial charge in [-0.2, -0.15) is 0 Å². The lowest BCUT2D eigenvalue weighted by Gasteiger charge is -2.27. The SMILES string of the molecule is CCCNCCc1c(C)nc(N2CCOCC2)nc1C. The van der Waals surface area contributed by atoms with Crippen molar-refractivity contribution in [2.45, 2.75) is 33.6 Å². The predicted octanol–water partition coefficient (Wildman–Crippen LogP) is 1.47. The van der Waals surface area contributed by atoms with Crippen molar-refractivity contribution in [1.82, 2.24) is 15.3 Å². The van der Waals surface area contributed by atoms with Crippen molar-refractivity contribution in [2.75, 3.05) is 44.3 Å². The van der Waals surface area contributed by atoms with Crippen LogP contribution >= 0.6 is 0 Å². The topological polar surface area (TPSA) is 50.3 Å². The molecule has 0 bridgehead atoms. The summed E-state index contributed by atoms with van der Waals surface area (Å²) in [6.45, 7) is 11.7. The summed E-state index contributed by atoms with van der Waals surface area (Å²) in [5, 5.41) is 3.43. The Morgan fingerprint density at radius 2 is 1.75 bits per heavy atom. The quantitative estimate of drug-likeness (QED) is 0.799. The van der Waals surface area contributed by atoms with Crippen LogP contribution in [0.2, 0.25) is 0 Å². The first-order chi connectivity index (χ1) is 9.72. The highest BCUT2D eigenvalue weighted by Gasteiger charge is 2.16. The van der Waals surface area contributed by atoms with E-state index >= 15 is 0 Å². The fourth-order valence-corrected chi connectivity index (χ4v) is 2.50. The number of morpholine rings is 1. The lowest BCUT2D eigenvalue weighted by molar-refractivity contribution is 0.122. The average Bonchev–Trinajstić information content (AvgIpc) is 2.46. The van der Waals surface area contributed by atoms with Gasteiger partial charge in [-0.05, 0) is 45.3 Å². The summed E-state index contributed by atoms with van der Waals surface area (Å²) in [4.78, 5) is 11.6. The molecule has 2 heterocycles. The van der Waals surface area contributed by atoms with Gasteiger partial charge < -0.3 is 15.0 Å². The number of hydrogen-bond donors (Lipinski definition) is 1. The molecule has 1 aromatic rings. The van der Waals surface area contributed by atoms with Crippen molar-refractivity contribution in [2.24, 2.45) is 0 Å². The largest absolute Gasteiger partial charge is 0.378 e. The van der Waals surface area contributed by atoms with Crippen molar-refractivity contribution < 1.29 is 4.74 Å². The molecule has 0 radical (unpaired) electrons. The summed E-state index contributed by atoms with van der Waals surface area (Å²) in [6, 6.07) is 0. The van der Waals surface area contributed by atoms with Crippen LogP contribution in [0.4, 0.5) is 5.95 Å². The second kappa shape index (κ2) is 7.55. The zero-order valence-corrected chi connectivity index (χ0v) is 12.9. The van der Waals surface area contributed by atoms with Crippen LogP contribution in [0, 0.1) is 13.8 Å². The van der Waals surface area contributed by atoms with Crippen molar-refractivity contribution in [3.8, 4) is 0 Å². The zero-order chi connectivity index (χ0) is 14.4. The second-order valence-corrected chi connectivity index (χ2v) is 5.27. The van der Waals surface area contributed by atoms with Gasteiger partial charge in [0.05, 0.1) is 13.2 Å². The normalized spacial score (nSPS) is 15.7. The van der Waals surface area contributed by atoms with Crippen molar-refractivity contribution in [3.63, 3.8) is 0 Å². The predicted molar refractivity (Wildman–Crippen MR) is 81.4 cm³/mol. The number of nitrogens with one attached hydrogen (secondary N) is 1. The van der Waals surface area contributed by atoms with Crippen molar-refractivity contribution in [3.05, 3.63) is 17.0 Å². The first-order valence-corrected chi connectivity index (χ1v) is 7.60. The Morgan fingerprint density at radius 3 is 2.35 bits per heavy atom. The van der Waals surface area contributed by atoms with Crippen LogP contribution in [0.15, 0.2) is 0 Å². The Balaban J connectivity index is 2.03. The van der Waals surface area contributed by atoms with E-state index in [9.17, 15) is 0 Å². The van der Waals surface area contributed by atoms with E-state index in [4.69, 9.17) is 4.74 Å². The van der Waals surface area contributed by atoms with Crippen LogP contribution in [0.3, 0.4) is 0 Å². The van der Waals surface area contributed by atoms with Crippen molar-refractivity contribution >= 4 is 5.95 Å². The van der Waals surface area contributed by atoms with Gasteiger partial charge in [0, 0.05) is 24.5 Å². The van der Waals surface area contributed by atoms with Gasteiger partial charge >= 0.3 is 0 Å². The Hall–Kier alpha value is -1.20. The molecule has 0 aliphatic carbocycles. The molecule has 20 heavy (non-hydrogen) atoms. The zero-order valence-electron chi connectivity index (χ0n) is 12.9. The van der Waals surface area contributed by atoms with Crippen LogP contribution in [-0.2, 0) is 11.2 Å². The van der Waals surface area contributed by atoms with E-state index in [0.717, 1.165) is 63.1 Å². The van der Waals surface area contributed by atoms with Crippen LogP contribution in [0.25, 0.3) is 0 Å². The monoisotopic (exact) mass is 278 g/mol. The standard InChI is InChI=1S/C15H26N4O/c1-4-6-16-7-5-14-12(2)17-15(18-13(14)3)19-8-10-20-11-9-19/h16H,4-11H2,1-3H3. The van der Waals surface area contributed by atoms with Gasteiger partial charge in [0.2, 0.25) is 5.95 Å². The molecule has 0 atom stereocenters. The fraction of sp³-hybridized carbons (Fsp3) is 0.733. The van der Waals surface area contributed by atoms with Gasteiger partial charge in [-0.3, -0.25) is 0 Å². The molecule has 1 aliphatic heterocycles. The summed E-state index contributed by atoms with van der Waals surface area (Å²) >= 11 is 0. The number of ether oxygens (including phenoxy) is 1. The van der Waals surface area contributed by atoms with E-state index in [-0.39, 0.29) is 0 Å². The van der Waals surface area contributed by atoms with Gasteiger partial charge in [0.25, 0.3) is 0 Å². The van der Waals surface area contributed by atoms with Gasteiger partial charge in [-0.25, -0.2) is 9.97 Å². The highest BCUT2D eigenvalue weighted by atomic mass is 16.5. The summed E-state index contributed by atoms with van der Waals surface area (Å²) in [6.07, 6.45) is 2.17. The maximum Gasteiger partial charge on any atom is 0.225 e. The minimum absolute atomic E-state index is 0.768. The van der Waals surface area contributed by atoms with E-state index in [1.54, 1.807) is 0 Å². The molecule has 1 fully saturated rings. The Morgan fingerprint density at radius 1 is 1.10 bits per heavy atom. The average molecular weight is 278 g/mol. The molecule has 1 N–H and O–H groups in total. The molecule has 112 valence electrons. The third-order valence-electron chi connectivity index (χ3n) is 3.68. The maximum atomic E-state index is 5.38. The number of anilines is 1. The minimum Gasteiger partial charge on any atom is -0.378 e. The van der Waals surface area contributed by atoms with Crippen LogP contribution in [0.5, 0.6) is 0 Å². The highest BCUT2D eigenvalue weighted by molar-refractivity contribution is 5.37. The molecule has 2 rings (SSSR count). The number of rotatable bonds is 6. The summed E-state index contributed by atoms with van der Waals surface area (Å²) in [7, 11) is 0. The van der Waals surface area contributed by atoms with Crippen molar-refractivity contribution in [1.29, 1.82) is 0 Å². The third kappa shape index (κ3) is 3.90. The first kappa shape index (κ1) is 15.2. The number of aryl methyl sites for hydroxylation is 2. The molecule has 1 aliphatic rings. The molecule has 0 aromatic carbocycles. The second-order valence-electron chi connectivity index (χ2n) is 5.27. The molecule has 0 spiro atoms. The minimum atomic E-state index is 0.768. The van der Waals surface area contributed by atoms with Crippen LogP contribution in [-0.4, -0.2) is 49.4 Å². The van der Waals surface area contributed by atoms with Crippen LogP contribution < -0.4 is 10.2 Å². The van der Waals surface area contributed by atoms with Gasteiger partial charge in [0.15, 0.2) is 0 Å². The van der Waals surface area contributed by atoms with E-state index in [2.05, 4.69) is 41.0 Å². The molecular formula is C15H26N4O. The lowest BCUT2D eigenvalue weighted by atomic mass is 10.1. The molecule has 0 saturated carbocycles. The Kier molecular flexibility index (Phi) is 5.73. The smallest absolute Gasteiger partial charge is 0.225 e. The van der Waals surface area contributed by atoms with E-state index in [1.807, 2.05) is 0 Å². The molecule has 0 unspecified atom stereocenters. The molecule has 1 aromatic heterocycles. The Bertz CT molecular complexity index is 407. The number of aromatic nitrogens is 2. The fourth-order valence-electron chi connectivity index (χ4n) is 2.50. The number of nitrogens with zero attached hydrogens (tertiary/aromatic N) is 3. The summed E-state index contributed by atoms with van der Waals surface area (Å²) in [5.41, 5.74) is 3.50. The third-order valence-corrected chi connectivity index (χ3v) is 3.68. The number of hydrogen-bond acceptors (Lipinski definition) is 5.